The molecule has 1 atom stereocenters. The number of hydrogen-bond donors (Lipinski definition) is 2. The van der Waals surface area contributed by atoms with Crippen molar-refractivity contribution in [2.45, 2.75) is 13.0 Å². The normalized spacial score (nSPS) is 11.4. The second-order valence-corrected chi connectivity index (χ2v) is 8.30. The van der Waals surface area contributed by atoms with Gasteiger partial charge in [-0.2, -0.15) is 15.5 Å². The lowest BCUT2D eigenvalue weighted by molar-refractivity contribution is 0.731. The average molecular weight is 485 g/mol. The number of nitrogens with two attached hydrogens (primary N) is 1. The maximum absolute atomic E-state index is 14.1. The maximum atomic E-state index is 14.1. The molecule has 0 aliphatic carbocycles. The third-order valence-corrected chi connectivity index (χ3v) is 5.93. The fourth-order valence-corrected chi connectivity index (χ4v) is 4.19. The fourth-order valence-electron chi connectivity index (χ4n) is 4.19. The van der Waals surface area contributed by atoms with Crippen LogP contribution in [-0.4, -0.2) is 19.5 Å². The molecule has 9 heteroatoms. The third-order valence-electron chi connectivity index (χ3n) is 5.93. The lowest BCUT2D eigenvalue weighted by atomic mass is 10.00. The van der Waals surface area contributed by atoms with Crippen LogP contribution >= 0.6 is 0 Å². The summed E-state index contributed by atoms with van der Waals surface area (Å²) in [6, 6.07) is 25.4. The minimum Gasteiger partial charge on any atom is -0.368 e. The molecule has 0 fully saturated rings. The minimum atomic E-state index is -0.530. The molecule has 0 radical (unpaired) electrons. The first-order chi connectivity index (χ1) is 18.0. The lowest BCUT2D eigenvalue weighted by Gasteiger charge is -2.21. The first-order valence-corrected chi connectivity index (χ1v) is 11.4. The molecule has 0 aliphatic rings. The van der Waals surface area contributed by atoms with Crippen LogP contribution in [0.25, 0.3) is 27.7 Å². The monoisotopic (exact) mass is 484 g/mol. The second kappa shape index (κ2) is 9.61. The third kappa shape index (κ3) is 4.33. The molecule has 2 heterocycles. The molecule has 178 valence electrons. The minimum absolute atomic E-state index is 0.0210. The van der Waals surface area contributed by atoms with Crippen molar-refractivity contribution in [1.82, 2.24) is 19.5 Å². The van der Waals surface area contributed by atoms with Gasteiger partial charge < -0.3 is 11.1 Å². The first kappa shape index (κ1) is 23.2. The maximum Gasteiger partial charge on any atom is 0.266 e. The zero-order valence-electron chi connectivity index (χ0n) is 19.8. The number of rotatable bonds is 5. The first-order valence-electron chi connectivity index (χ1n) is 11.4. The number of anilines is 2. The number of nitrogens with one attached hydrogen (secondary N) is 1. The number of nitriles is 2. The number of aromatic nitrogens is 4. The van der Waals surface area contributed by atoms with E-state index in [9.17, 15) is 10.1 Å². The van der Waals surface area contributed by atoms with E-state index in [4.69, 9.17) is 16.0 Å². The van der Waals surface area contributed by atoms with Gasteiger partial charge in [0.1, 0.15) is 23.3 Å². The van der Waals surface area contributed by atoms with Gasteiger partial charge in [-0.05, 0) is 48.4 Å². The Kier molecular flexibility index (Phi) is 6.03. The van der Waals surface area contributed by atoms with Gasteiger partial charge in [0.15, 0.2) is 0 Å². The van der Waals surface area contributed by atoms with Crippen LogP contribution in [0.15, 0.2) is 83.8 Å². The number of hydrogen-bond acceptors (Lipinski definition) is 8. The molecule has 0 bridgehead atoms. The van der Waals surface area contributed by atoms with Crippen LogP contribution in [0.5, 0.6) is 0 Å². The van der Waals surface area contributed by atoms with E-state index in [0.717, 1.165) is 5.56 Å². The van der Waals surface area contributed by atoms with Gasteiger partial charge >= 0.3 is 0 Å². The molecular formula is C28H20N8O. The number of nitrogen functional groups attached to an aromatic ring is 1. The molecule has 0 amide bonds. The summed E-state index contributed by atoms with van der Waals surface area (Å²) in [4.78, 5) is 27.1. The molecule has 3 aromatic carbocycles. The van der Waals surface area contributed by atoms with Crippen molar-refractivity contribution in [3.8, 4) is 29.0 Å². The summed E-state index contributed by atoms with van der Waals surface area (Å²) in [6.45, 7) is 1.83. The van der Waals surface area contributed by atoms with E-state index in [1.165, 1.54) is 6.20 Å². The van der Waals surface area contributed by atoms with Crippen LogP contribution in [0.1, 0.15) is 29.9 Å². The predicted octanol–water partition coefficient (Wildman–Crippen LogP) is 4.34. The van der Waals surface area contributed by atoms with Gasteiger partial charge in [-0.1, -0.05) is 42.5 Å². The highest BCUT2D eigenvalue weighted by molar-refractivity contribution is 5.94. The zero-order valence-corrected chi connectivity index (χ0v) is 19.8. The van der Waals surface area contributed by atoms with Crippen molar-refractivity contribution in [2.24, 2.45) is 0 Å². The number of benzene rings is 3. The zero-order chi connectivity index (χ0) is 25.9. The summed E-state index contributed by atoms with van der Waals surface area (Å²) in [5.41, 5.74) is 8.93. The Labute approximate surface area is 212 Å². The molecule has 0 spiro atoms. The Bertz CT molecular complexity index is 1760. The van der Waals surface area contributed by atoms with Gasteiger partial charge in [0.05, 0.1) is 40.5 Å². The fraction of sp³-hybridized carbons (Fsp3) is 0.0714. The van der Waals surface area contributed by atoms with Crippen LogP contribution in [-0.2, 0) is 0 Å². The molecule has 5 rings (SSSR count). The largest absolute Gasteiger partial charge is 0.368 e. The number of para-hydroxylation sites is 1. The van der Waals surface area contributed by atoms with E-state index >= 15 is 0 Å². The summed E-state index contributed by atoms with van der Waals surface area (Å²) < 4.78 is 1.56. The SMILES string of the molecule is CC(Nc1nc(N)ncc1C#N)c1nc2cccc(-c3ccc(C#N)cc3)c2c(=O)n1-c1ccccc1. The standard InChI is InChI=1S/C28H20N8O/c1-17(33-25-20(15-30)16-32-28(31)35-25)26-34-23-9-5-8-22(19-12-10-18(14-29)11-13-19)24(23)27(37)36(26)21-6-3-2-4-7-21/h2-13,16-17H,1H3,(H3,31,32,33,35). The van der Waals surface area contributed by atoms with E-state index in [2.05, 4.69) is 21.4 Å². The highest BCUT2D eigenvalue weighted by Crippen LogP contribution is 2.29. The molecule has 3 N–H and O–H groups in total. The molecule has 2 aromatic heterocycles. The van der Waals surface area contributed by atoms with Gasteiger partial charge in [0.25, 0.3) is 5.56 Å². The topological polar surface area (TPSA) is 146 Å². The molecule has 0 saturated heterocycles. The average Bonchev–Trinajstić information content (AvgIpc) is 2.93. The van der Waals surface area contributed by atoms with Crippen molar-refractivity contribution < 1.29 is 0 Å². The molecular weight excluding hydrogens is 464 g/mol. The number of fused-ring (bicyclic) bond motifs is 1. The van der Waals surface area contributed by atoms with Gasteiger partial charge in [0.2, 0.25) is 5.95 Å². The van der Waals surface area contributed by atoms with Crippen LogP contribution in [0.4, 0.5) is 11.8 Å². The van der Waals surface area contributed by atoms with Crippen molar-refractivity contribution >= 4 is 22.7 Å². The van der Waals surface area contributed by atoms with Gasteiger partial charge in [-0.25, -0.2) is 9.97 Å². The Morgan fingerprint density at radius 3 is 2.41 bits per heavy atom. The Morgan fingerprint density at radius 2 is 1.70 bits per heavy atom. The number of nitrogens with zero attached hydrogens (tertiary/aromatic N) is 6. The van der Waals surface area contributed by atoms with Crippen molar-refractivity contribution in [3.05, 3.63) is 106 Å². The summed E-state index contributed by atoms with van der Waals surface area (Å²) in [6.07, 6.45) is 1.35. The molecule has 37 heavy (non-hydrogen) atoms. The van der Waals surface area contributed by atoms with Crippen LogP contribution < -0.4 is 16.6 Å². The predicted molar refractivity (Wildman–Crippen MR) is 141 cm³/mol. The summed E-state index contributed by atoms with van der Waals surface area (Å²) >= 11 is 0. The molecule has 0 saturated carbocycles. The Hall–Kier alpha value is -5.54. The van der Waals surface area contributed by atoms with Crippen molar-refractivity contribution in [3.63, 3.8) is 0 Å². The lowest BCUT2D eigenvalue weighted by Crippen LogP contribution is -2.28. The smallest absolute Gasteiger partial charge is 0.266 e. The summed E-state index contributed by atoms with van der Waals surface area (Å²) in [7, 11) is 0. The van der Waals surface area contributed by atoms with E-state index in [1.807, 2.05) is 67.6 Å². The second-order valence-electron chi connectivity index (χ2n) is 8.30. The van der Waals surface area contributed by atoms with Gasteiger partial charge in [0, 0.05) is 0 Å². The highest BCUT2D eigenvalue weighted by Gasteiger charge is 2.21. The van der Waals surface area contributed by atoms with E-state index in [1.54, 1.807) is 22.8 Å². The Balaban J connectivity index is 1.74. The molecule has 1 unspecified atom stereocenters. The van der Waals surface area contributed by atoms with Crippen molar-refractivity contribution in [1.29, 1.82) is 10.5 Å². The molecule has 0 aliphatic heterocycles. The Morgan fingerprint density at radius 1 is 0.946 bits per heavy atom. The summed E-state index contributed by atoms with van der Waals surface area (Å²) in [5.74, 6) is 0.706. The highest BCUT2D eigenvalue weighted by atomic mass is 16.1. The van der Waals surface area contributed by atoms with Gasteiger partial charge in [-0.3, -0.25) is 9.36 Å². The van der Waals surface area contributed by atoms with E-state index in [-0.39, 0.29) is 22.9 Å². The quantitative estimate of drug-likeness (QED) is 0.374. The van der Waals surface area contributed by atoms with Crippen LogP contribution in [0.3, 0.4) is 0 Å². The van der Waals surface area contributed by atoms with Crippen molar-refractivity contribution in [2.75, 3.05) is 11.1 Å². The van der Waals surface area contributed by atoms with Crippen LogP contribution in [0.2, 0.25) is 0 Å². The van der Waals surface area contributed by atoms with E-state index < -0.39 is 6.04 Å². The summed E-state index contributed by atoms with van der Waals surface area (Å²) in [5, 5.41) is 22.3. The van der Waals surface area contributed by atoms with Gasteiger partial charge in [-0.15, -0.1) is 0 Å². The van der Waals surface area contributed by atoms with E-state index in [0.29, 0.717) is 33.5 Å². The van der Waals surface area contributed by atoms with Crippen LogP contribution in [0, 0.1) is 22.7 Å². The molecule has 9 nitrogen and oxygen atoms in total. The molecule has 5 aromatic rings.